The van der Waals surface area contributed by atoms with Crippen molar-refractivity contribution in [1.29, 1.82) is 0 Å². The number of hydrogen-bond acceptors (Lipinski definition) is 6. The molecule has 0 aliphatic carbocycles. The molecular weight excluding hydrogens is 797 g/mol. The van der Waals surface area contributed by atoms with Gasteiger partial charge in [0.25, 0.3) is 0 Å². The van der Waals surface area contributed by atoms with Gasteiger partial charge in [0.2, 0.25) is 11.8 Å². The van der Waals surface area contributed by atoms with Crippen molar-refractivity contribution < 1.29 is 49.1 Å². The summed E-state index contributed by atoms with van der Waals surface area (Å²) >= 11 is 0. The molecule has 4 aromatic carbocycles. The van der Waals surface area contributed by atoms with Crippen LogP contribution in [0.15, 0.2) is 97.1 Å². The number of benzene rings is 4. The molecule has 0 saturated heterocycles. The van der Waals surface area contributed by atoms with Gasteiger partial charge in [-0.2, -0.15) is 0 Å². The Hall–Kier alpha value is -5.22. The van der Waals surface area contributed by atoms with Crippen LogP contribution >= 0.6 is 0 Å². The van der Waals surface area contributed by atoms with Crippen LogP contribution in [0, 0.1) is 33.1 Å². The first-order valence-electron chi connectivity index (χ1n) is 18.0. The van der Waals surface area contributed by atoms with Crippen LogP contribution in [-0.2, 0) is 70.0 Å². The first-order chi connectivity index (χ1) is 25.4. The van der Waals surface area contributed by atoms with Crippen LogP contribution in [0.3, 0.4) is 0 Å². The van der Waals surface area contributed by atoms with E-state index >= 15 is 0 Å². The Morgan fingerprint density at radius 1 is 0.536 bits per heavy atom. The molecule has 0 spiro atoms. The second-order valence-electron chi connectivity index (χ2n) is 15.0. The number of aryl methyl sites for hydroxylation is 4. The first-order valence-corrected chi connectivity index (χ1v) is 18.0. The van der Waals surface area contributed by atoms with Crippen molar-refractivity contribution in [1.82, 2.24) is 16.2 Å². The molecule has 0 saturated carbocycles. The molecule has 56 heavy (non-hydrogen) atoms. The standard InChI is InChI=1S/C23H29NO3.C22H24N2O3.CH3.Pd/c1-17-5-7-18(8-6-17)9-10-19-11-13-20(14-12-19)15-21(25)24-16-22(26)27-23(2,3)4;1-16-5-7-17(8-6-16)9-10-18-11-13-19(14-12-18)15-20(25)23-24-21(26)27-22(2,3)4;;/h5-8,11-14H,9-10,15-16H2,1-4H3,(H,24,25);5-8,11-14H,15H2,1-4H3,(H,23,25)(H,24,26);1H3;/q;;-1;. The molecule has 3 N–H and O–H groups in total. The van der Waals surface area contributed by atoms with Gasteiger partial charge in [0.15, 0.2) is 0 Å². The molecule has 0 radical (unpaired) electrons. The molecule has 0 aliphatic heterocycles. The molecule has 302 valence electrons. The van der Waals surface area contributed by atoms with E-state index in [4.69, 9.17) is 9.47 Å². The molecule has 0 unspecified atom stereocenters. The van der Waals surface area contributed by atoms with Gasteiger partial charge in [0.1, 0.15) is 17.7 Å². The fourth-order valence-electron chi connectivity index (χ4n) is 4.80. The number of ether oxygens (including phenoxy) is 2. The van der Waals surface area contributed by atoms with Gasteiger partial charge < -0.3 is 22.2 Å². The number of hydrazine groups is 1. The summed E-state index contributed by atoms with van der Waals surface area (Å²) in [6.07, 6.45) is 1.66. The van der Waals surface area contributed by atoms with Crippen LogP contribution in [0.25, 0.3) is 0 Å². The Labute approximate surface area is 347 Å². The van der Waals surface area contributed by atoms with Crippen LogP contribution in [0.1, 0.15) is 86.1 Å². The average molecular weight is 853 g/mol. The molecule has 4 aromatic rings. The zero-order valence-corrected chi connectivity index (χ0v) is 35.6. The summed E-state index contributed by atoms with van der Waals surface area (Å²) in [5.74, 6) is 5.26. The second-order valence-corrected chi connectivity index (χ2v) is 15.0. The number of carbonyl (C=O) groups is 4. The van der Waals surface area contributed by atoms with E-state index in [0.29, 0.717) is 0 Å². The molecule has 4 rings (SSSR count). The SMILES string of the molecule is Cc1ccc(C#Cc2ccc(CC(=O)NNC(=O)OC(C)(C)C)cc2)cc1.Cc1ccc(CCc2ccc(CC(=O)NCC(=O)OC(C)(C)C)cc2)cc1.[CH3-].[Pd]. The molecule has 0 fully saturated rings. The van der Waals surface area contributed by atoms with E-state index in [1.807, 2.05) is 67.6 Å². The predicted octanol–water partition coefficient (Wildman–Crippen LogP) is 7.72. The van der Waals surface area contributed by atoms with E-state index < -0.39 is 23.3 Å². The van der Waals surface area contributed by atoms with E-state index in [0.717, 1.165) is 35.1 Å². The van der Waals surface area contributed by atoms with Gasteiger partial charge in [0.05, 0.1) is 12.8 Å². The largest absolute Gasteiger partial charge is 0.459 e. The maximum absolute atomic E-state index is 12.0. The van der Waals surface area contributed by atoms with Crippen LogP contribution in [-0.4, -0.2) is 41.6 Å². The van der Waals surface area contributed by atoms with Crippen molar-refractivity contribution in [2.24, 2.45) is 0 Å². The number of nitrogens with one attached hydrogen (secondary N) is 3. The van der Waals surface area contributed by atoms with Gasteiger partial charge >= 0.3 is 12.1 Å². The minimum absolute atomic E-state index is 0. The van der Waals surface area contributed by atoms with Gasteiger partial charge in [-0.1, -0.05) is 95.8 Å². The van der Waals surface area contributed by atoms with Crippen molar-refractivity contribution in [3.8, 4) is 11.8 Å². The summed E-state index contributed by atoms with van der Waals surface area (Å²) in [5.41, 5.74) is 12.0. The average Bonchev–Trinajstić information content (AvgIpc) is 3.09. The Morgan fingerprint density at radius 3 is 1.38 bits per heavy atom. The normalized spacial score (nSPS) is 10.4. The van der Waals surface area contributed by atoms with Gasteiger partial charge in [0, 0.05) is 31.5 Å². The van der Waals surface area contributed by atoms with E-state index in [1.165, 1.54) is 22.3 Å². The number of hydrogen-bond donors (Lipinski definition) is 3. The first kappa shape index (κ1) is 48.8. The van der Waals surface area contributed by atoms with Crippen LogP contribution in [0.5, 0.6) is 0 Å². The van der Waals surface area contributed by atoms with E-state index in [9.17, 15) is 19.2 Å². The summed E-state index contributed by atoms with van der Waals surface area (Å²) in [6, 6.07) is 32.1. The molecule has 0 bridgehead atoms. The topological polar surface area (TPSA) is 123 Å². The van der Waals surface area contributed by atoms with Crippen molar-refractivity contribution in [3.63, 3.8) is 0 Å². The zero-order valence-electron chi connectivity index (χ0n) is 34.0. The monoisotopic (exact) mass is 852 g/mol. The molecule has 10 heteroatoms. The molecule has 0 heterocycles. The van der Waals surface area contributed by atoms with E-state index in [-0.39, 0.29) is 59.1 Å². The van der Waals surface area contributed by atoms with Gasteiger partial charge in [-0.25, -0.2) is 10.2 Å². The van der Waals surface area contributed by atoms with Crippen LogP contribution < -0.4 is 16.2 Å². The quantitative estimate of drug-likeness (QED) is 0.0522. The van der Waals surface area contributed by atoms with Gasteiger partial charge in [-0.15, -0.1) is 0 Å². The maximum Gasteiger partial charge on any atom is 0.426 e. The molecule has 0 atom stereocenters. The maximum atomic E-state index is 12.0. The van der Waals surface area contributed by atoms with Gasteiger partial charge in [-0.3, -0.25) is 19.8 Å². The zero-order chi connectivity index (χ0) is 39.7. The summed E-state index contributed by atoms with van der Waals surface area (Å²) in [5, 5.41) is 2.61. The van der Waals surface area contributed by atoms with Crippen LogP contribution in [0.4, 0.5) is 4.79 Å². The minimum Gasteiger partial charge on any atom is -0.459 e. The molecule has 0 aromatic heterocycles. The number of carbonyl (C=O) groups excluding carboxylic acids is 4. The third kappa shape index (κ3) is 21.0. The number of amides is 3. The molecule has 3 amide bonds. The summed E-state index contributed by atoms with van der Waals surface area (Å²) < 4.78 is 10.2. The Morgan fingerprint density at radius 2 is 0.911 bits per heavy atom. The fourth-order valence-corrected chi connectivity index (χ4v) is 4.80. The minimum atomic E-state index is -0.697. The molecule has 9 nitrogen and oxygen atoms in total. The summed E-state index contributed by atoms with van der Waals surface area (Å²) in [7, 11) is 0. The predicted molar refractivity (Wildman–Crippen MR) is 219 cm³/mol. The third-order valence-electron chi connectivity index (χ3n) is 7.48. The van der Waals surface area contributed by atoms with E-state index in [1.54, 1.807) is 41.5 Å². The Bertz CT molecular complexity index is 1900. The van der Waals surface area contributed by atoms with Crippen molar-refractivity contribution >= 4 is 23.9 Å². The molecular formula is C46H56N3O6Pd-. The second kappa shape index (κ2) is 23.6. The van der Waals surface area contributed by atoms with Crippen LogP contribution in [0.2, 0.25) is 0 Å². The molecule has 0 aliphatic rings. The Balaban J connectivity index is 0.000000541. The van der Waals surface area contributed by atoms with Crippen molar-refractivity contribution in [2.45, 2.75) is 92.3 Å². The third-order valence-corrected chi connectivity index (χ3v) is 7.48. The van der Waals surface area contributed by atoms with E-state index in [2.05, 4.69) is 71.3 Å². The summed E-state index contributed by atoms with van der Waals surface area (Å²) in [6.45, 7) is 14.7. The number of rotatable bonds is 9. The van der Waals surface area contributed by atoms with Gasteiger partial charge in [-0.05, 0) is 115 Å². The number of esters is 1. The summed E-state index contributed by atoms with van der Waals surface area (Å²) in [4.78, 5) is 47.0. The van der Waals surface area contributed by atoms with Crippen molar-refractivity contribution in [3.05, 3.63) is 149 Å². The smallest absolute Gasteiger partial charge is 0.426 e. The Kier molecular flexibility index (Phi) is 20.6. The van der Waals surface area contributed by atoms with Crippen molar-refractivity contribution in [2.75, 3.05) is 6.54 Å². The fraction of sp³-hybridized carbons (Fsp3) is 0.326.